The second-order valence-corrected chi connectivity index (χ2v) is 6.02. The second kappa shape index (κ2) is 6.37. The first-order chi connectivity index (χ1) is 10.6. The van der Waals surface area contributed by atoms with E-state index < -0.39 is 0 Å². The molecule has 2 aromatic carbocycles. The van der Waals surface area contributed by atoms with Crippen LogP contribution in [0.5, 0.6) is 0 Å². The molecule has 0 saturated heterocycles. The third-order valence-corrected chi connectivity index (χ3v) is 4.46. The number of carbonyl (C=O) groups excluding carboxylic acids is 1. The number of hydrogen-bond acceptors (Lipinski definition) is 1. The number of amides is 1. The highest BCUT2D eigenvalue weighted by molar-refractivity contribution is 6.30. The van der Waals surface area contributed by atoms with Gasteiger partial charge in [0.05, 0.1) is 6.04 Å². The minimum atomic E-state index is 0.0247. The Morgan fingerprint density at radius 3 is 2.68 bits per heavy atom. The van der Waals surface area contributed by atoms with Gasteiger partial charge in [-0.2, -0.15) is 0 Å². The van der Waals surface area contributed by atoms with E-state index in [2.05, 4.69) is 18.2 Å². The lowest BCUT2D eigenvalue weighted by molar-refractivity contribution is -0.126. The molecule has 1 unspecified atom stereocenters. The molecule has 22 heavy (non-hydrogen) atoms. The molecule has 2 nitrogen and oxygen atoms in total. The average molecular weight is 312 g/mol. The van der Waals surface area contributed by atoms with Gasteiger partial charge >= 0.3 is 0 Å². The normalized spacial score (nSPS) is 16.7. The van der Waals surface area contributed by atoms with Gasteiger partial charge in [-0.1, -0.05) is 48.0 Å². The van der Waals surface area contributed by atoms with E-state index >= 15 is 0 Å². The molecule has 3 heteroatoms. The molecule has 2 aromatic rings. The van der Waals surface area contributed by atoms with E-state index in [-0.39, 0.29) is 11.9 Å². The van der Waals surface area contributed by atoms with Crippen LogP contribution in [0.2, 0.25) is 5.02 Å². The maximum Gasteiger partial charge on any atom is 0.246 e. The molecule has 1 aliphatic rings. The number of likely N-dealkylation sites (N-methyl/N-ethyl adjacent to an activating group) is 1. The maximum absolute atomic E-state index is 12.4. The number of hydrogen-bond donors (Lipinski definition) is 0. The van der Waals surface area contributed by atoms with Crippen LogP contribution < -0.4 is 0 Å². The second-order valence-electron chi connectivity index (χ2n) is 5.59. The Hall–Kier alpha value is -2.06. The molecule has 1 amide bonds. The fourth-order valence-electron chi connectivity index (χ4n) is 2.95. The molecule has 0 spiro atoms. The minimum Gasteiger partial charge on any atom is -0.335 e. The topological polar surface area (TPSA) is 20.3 Å². The van der Waals surface area contributed by atoms with Gasteiger partial charge in [0, 0.05) is 18.1 Å². The first-order valence-corrected chi connectivity index (χ1v) is 7.81. The molecule has 0 aliphatic heterocycles. The standard InChI is InChI=1S/C19H18ClNO/c1-21(18-12-9-15-4-2-3-5-17(15)18)19(22)13-8-14-6-10-16(20)11-7-14/h2-8,10-11,13,18H,9,12H2,1H3. The highest BCUT2D eigenvalue weighted by Crippen LogP contribution is 2.34. The Morgan fingerprint density at radius 1 is 1.18 bits per heavy atom. The van der Waals surface area contributed by atoms with Crippen molar-refractivity contribution in [3.63, 3.8) is 0 Å². The molecule has 0 aromatic heterocycles. The zero-order chi connectivity index (χ0) is 15.5. The summed E-state index contributed by atoms with van der Waals surface area (Å²) in [5.74, 6) is 0.0247. The van der Waals surface area contributed by atoms with Crippen molar-refractivity contribution in [3.05, 3.63) is 76.3 Å². The zero-order valence-electron chi connectivity index (χ0n) is 12.5. The molecule has 0 N–H and O–H groups in total. The van der Waals surface area contributed by atoms with Crippen molar-refractivity contribution in [2.45, 2.75) is 18.9 Å². The fourth-order valence-corrected chi connectivity index (χ4v) is 3.08. The number of benzene rings is 2. The summed E-state index contributed by atoms with van der Waals surface area (Å²) in [4.78, 5) is 14.2. The van der Waals surface area contributed by atoms with E-state index in [1.807, 2.05) is 48.4 Å². The molecule has 0 radical (unpaired) electrons. The van der Waals surface area contributed by atoms with Gasteiger partial charge in [-0.25, -0.2) is 0 Å². The number of aryl methyl sites for hydroxylation is 1. The highest BCUT2D eigenvalue weighted by Gasteiger charge is 2.27. The lowest BCUT2D eigenvalue weighted by Gasteiger charge is -2.24. The first-order valence-electron chi connectivity index (χ1n) is 7.43. The van der Waals surface area contributed by atoms with E-state index in [0.717, 1.165) is 18.4 Å². The van der Waals surface area contributed by atoms with Crippen LogP contribution in [0.1, 0.15) is 29.2 Å². The average Bonchev–Trinajstić information content (AvgIpc) is 2.97. The van der Waals surface area contributed by atoms with Gasteiger partial charge in [0.1, 0.15) is 0 Å². The quantitative estimate of drug-likeness (QED) is 0.764. The van der Waals surface area contributed by atoms with Crippen molar-refractivity contribution in [3.8, 4) is 0 Å². The van der Waals surface area contributed by atoms with Crippen LogP contribution in [0.15, 0.2) is 54.6 Å². The summed E-state index contributed by atoms with van der Waals surface area (Å²) in [6.07, 6.45) is 5.50. The molecule has 0 bridgehead atoms. The van der Waals surface area contributed by atoms with Crippen molar-refractivity contribution in [1.82, 2.24) is 4.90 Å². The molecule has 0 saturated carbocycles. The van der Waals surface area contributed by atoms with Gasteiger partial charge in [0.25, 0.3) is 0 Å². The summed E-state index contributed by atoms with van der Waals surface area (Å²) in [7, 11) is 1.88. The Kier molecular flexibility index (Phi) is 4.30. The monoisotopic (exact) mass is 311 g/mol. The summed E-state index contributed by atoms with van der Waals surface area (Å²) in [6, 6.07) is 16.0. The van der Waals surface area contributed by atoms with E-state index in [9.17, 15) is 4.79 Å². The molecule has 0 heterocycles. The van der Waals surface area contributed by atoms with Crippen molar-refractivity contribution < 1.29 is 4.79 Å². The Morgan fingerprint density at radius 2 is 1.91 bits per heavy atom. The predicted molar refractivity (Wildman–Crippen MR) is 90.8 cm³/mol. The van der Waals surface area contributed by atoms with E-state index in [4.69, 9.17) is 11.6 Å². The van der Waals surface area contributed by atoms with Crippen molar-refractivity contribution in [2.24, 2.45) is 0 Å². The Labute approximate surface area is 136 Å². The molecular weight excluding hydrogens is 294 g/mol. The fraction of sp³-hybridized carbons (Fsp3) is 0.211. The number of nitrogens with zero attached hydrogens (tertiary/aromatic N) is 1. The number of fused-ring (bicyclic) bond motifs is 1. The van der Waals surface area contributed by atoms with Crippen LogP contribution in [0.4, 0.5) is 0 Å². The van der Waals surface area contributed by atoms with Gasteiger partial charge in [0.15, 0.2) is 0 Å². The number of rotatable bonds is 3. The number of halogens is 1. The van der Waals surface area contributed by atoms with Gasteiger partial charge in [-0.3, -0.25) is 4.79 Å². The molecule has 1 aliphatic carbocycles. The van der Waals surface area contributed by atoms with E-state index in [1.165, 1.54) is 11.1 Å². The third kappa shape index (κ3) is 3.07. The van der Waals surface area contributed by atoms with E-state index in [1.54, 1.807) is 6.08 Å². The van der Waals surface area contributed by atoms with Crippen LogP contribution in [0.3, 0.4) is 0 Å². The minimum absolute atomic E-state index is 0.0247. The van der Waals surface area contributed by atoms with Crippen LogP contribution in [0, 0.1) is 0 Å². The summed E-state index contributed by atoms with van der Waals surface area (Å²) in [6.45, 7) is 0. The maximum atomic E-state index is 12.4. The van der Waals surface area contributed by atoms with Gasteiger partial charge in [-0.05, 0) is 47.7 Å². The van der Waals surface area contributed by atoms with Gasteiger partial charge in [0.2, 0.25) is 5.91 Å². The lowest BCUT2D eigenvalue weighted by Crippen LogP contribution is -2.28. The van der Waals surface area contributed by atoms with Crippen molar-refractivity contribution in [2.75, 3.05) is 7.05 Å². The highest BCUT2D eigenvalue weighted by atomic mass is 35.5. The van der Waals surface area contributed by atoms with Gasteiger partial charge < -0.3 is 4.90 Å². The summed E-state index contributed by atoms with van der Waals surface area (Å²) >= 11 is 5.86. The molecule has 0 fully saturated rings. The molecule has 112 valence electrons. The smallest absolute Gasteiger partial charge is 0.246 e. The molecular formula is C19H18ClNO. The lowest BCUT2D eigenvalue weighted by atomic mass is 10.1. The van der Waals surface area contributed by atoms with Gasteiger partial charge in [-0.15, -0.1) is 0 Å². The van der Waals surface area contributed by atoms with Crippen LogP contribution in [0.25, 0.3) is 6.08 Å². The first kappa shape index (κ1) is 14.9. The third-order valence-electron chi connectivity index (χ3n) is 4.20. The zero-order valence-corrected chi connectivity index (χ0v) is 13.3. The van der Waals surface area contributed by atoms with Crippen LogP contribution in [-0.4, -0.2) is 17.9 Å². The summed E-state index contributed by atoms with van der Waals surface area (Å²) < 4.78 is 0. The van der Waals surface area contributed by atoms with E-state index in [0.29, 0.717) is 5.02 Å². The van der Waals surface area contributed by atoms with Crippen molar-refractivity contribution >= 4 is 23.6 Å². The van der Waals surface area contributed by atoms with Crippen LogP contribution in [-0.2, 0) is 11.2 Å². The predicted octanol–water partition coefficient (Wildman–Crippen LogP) is 4.50. The summed E-state index contributed by atoms with van der Waals surface area (Å²) in [5, 5.41) is 0.697. The summed E-state index contributed by atoms with van der Waals surface area (Å²) in [5.41, 5.74) is 3.60. The number of carbonyl (C=O) groups is 1. The van der Waals surface area contributed by atoms with Crippen molar-refractivity contribution in [1.29, 1.82) is 0 Å². The molecule has 3 rings (SSSR count). The Bertz CT molecular complexity index is 706. The SMILES string of the molecule is CN(C(=O)C=Cc1ccc(Cl)cc1)C1CCc2ccccc21. The largest absolute Gasteiger partial charge is 0.335 e. The Balaban J connectivity index is 1.71. The molecule has 1 atom stereocenters. The van der Waals surface area contributed by atoms with Crippen LogP contribution >= 0.6 is 11.6 Å².